The molecular formula is C30H40N6O4. The first-order valence-electron chi connectivity index (χ1n) is 13.9. The van der Waals surface area contributed by atoms with Crippen molar-refractivity contribution in [2.45, 2.75) is 66.5 Å². The number of fused-ring (bicyclic) bond motifs is 1. The van der Waals surface area contributed by atoms with Crippen molar-refractivity contribution in [3.8, 4) is 6.07 Å². The van der Waals surface area contributed by atoms with Crippen molar-refractivity contribution in [1.29, 1.82) is 5.26 Å². The molecule has 40 heavy (non-hydrogen) atoms. The van der Waals surface area contributed by atoms with Gasteiger partial charge >= 0.3 is 6.03 Å². The predicted molar refractivity (Wildman–Crippen MR) is 153 cm³/mol. The average Bonchev–Trinajstić information content (AvgIpc) is 2.92. The van der Waals surface area contributed by atoms with Gasteiger partial charge in [-0.15, -0.1) is 0 Å². The van der Waals surface area contributed by atoms with Gasteiger partial charge in [-0.2, -0.15) is 5.26 Å². The summed E-state index contributed by atoms with van der Waals surface area (Å²) in [5.41, 5.74) is 2.96. The Hall–Kier alpha value is -3.97. The van der Waals surface area contributed by atoms with E-state index in [1.54, 1.807) is 30.9 Å². The van der Waals surface area contributed by atoms with Gasteiger partial charge in [-0.1, -0.05) is 13.0 Å². The molecule has 1 aromatic heterocycles. The Morgan fingerprint density at radius 1 is 1.20 bits per heavy atom. The number of anilines is 1. The normalized spacial score (nSPS) is 16.9. The van der Waals surface area contributed by atoms with Crippen LogP contribution in [0.1, 0.15) is 69.1 Å². The van der Waals surface area contributed by atoms with Crippen LogP contribution in [0.25, 0.3) is 0 Å². The lowest BCUT2D eigenvalue weighted by Gasteiger charge is -2.35. The summed E-state index contributed by atoms with van der Waals surface area (Å²) in [6.07, 6.45) is 8.15. The molecule has 214 valence electrons. The number of nitrogens with one attached hydrogen (secondary N) is 1. The lowest BCUT2D eigenvalue weighted by molar-refractivity contribution is -0.130. The molecule has 1 aromatic rings. The molecule has 0 spiro atoms. The molecule has 0 atom stereocenters. The minimum absolute atomic E-state index is 0.0747. The Morgan fingerprint density at radius 2 is 1.93 bits per heavy atom. The maximum Gasteiger partial charge on any atom is 0.327 e. The summed E-state index contributed by atoms with van der Waals surface area (Å²) in [6.45, 7) is 12.9. The highest BCUT2D eigenvalue weighted by atomic mass is 16.5. The largest absolute Gasteiger partial charge is 0.490 e. The van der Waals surface area contributed by atoms with Gasteiger partial charge in [0.05, 0.1) is 11.7 Å². The number of hydrogen-bond donors (Lipinski definition) is 1. The number of rotatable bonds is 9. The number of urea groups is 1. The lowest BCUT2D eigenvalue weighted by atomic mass is 10.0. The molecule has 3 rings (SSSR count). The molecule has 0 aromatic carbocycles. The van der Waals surface area contributed by atoms with Crippen LogP contribution in [0.15, 0.2) is 41.3 Å². The number of hydrogen-bond acceptors (Lipinski definition) is 7. The van der Waals surface area contributed by atoms with Crippen LogP contribution in [0.3, 0.4) is 0 Å². The van der Waals surface area contributed by atoms with E-state index >= 15 is 0 Å². The summed E-state index contributed by atoms with van der Waals surface area (Å²) >= 11 is 0. The van der Waals surface area contributed by atoms with E-state index in [4.69, 9.17) is 4.74 Å². The molecule has 2 aliphatic rings. The molecule has 0 aliphatic carbocycles. The smallest absolute Gasteiger partial charge is 0.327 e. The van der Waals surface area contributed by atoms with E-state index in [9.17, 15) is 19.6 Å². The predicted octanol–water partition coefficient (Wildman–Crippen LogP) is 4.09. The zero-order valence-corrected chi connectivity index (χ0v) is 24.2. The van der Waals surface area contributed by atoms with Crippen LogP contribution >= 0.6 is 0 Å². The summed E-state index contributed by atoms with van der Waals surface area (Å²) in [7, 11) is 0. The quantitative estimate of drug-likeness (QED) is 0.214. The van der Waals surface area contributed by atoms with E-state index in [2.05, 4.69) is 21.3 Å². The number of carbonyl (C=O) groups excluding carboxylic acids is 3. The van der Waals surface area contributed by atoms with Gasteiger partial charge in [0.2, 0.25) is 5.91 Å². The Balaban J connectivity index is 1.80. The molecule has 0 bridgehead atoms. The standard InChI is InChI=1S/C30H40N6O4/c1-6-7-9-25(18-31)28(40-21(2)3)16-22(4)32-30(39)36-11-8-10-24-17-26(27(20-37)33-29(24)36)19-34-12-14-35(15-13-34)23(5)38/h7,9,16-17,20-21H,6,8,10-15,19H2,1-5H3,(H,32,39)/b9-7+,22-16+,28-25-. The van der Waals surface area contributed by atoms with Crippen LogP contribution in [-0.2, 0) is 22.5 Å². The summed E-state index contributed by atoms with van der Waals surface area (Å²) in [4.78, 5) is 47.2. The lowest BCUT2D eigenvalue weighted by Crippen LogP contribution is -2.47. The molecule has 1 saturated heterocycles. The van der Waals surface area contributed by atoms with E-state index in [1.807, 2.05) is 37.8 Å². The highest BCUT2D eigenvalue weighted by Crippen LogP contribution is 2.28. The fourth-order valence-electron chi connectivity index (χ4n) is 4.75. The molecule has 0 saturated carbocycles. The Bertz CT molecular complexity index is 1240. The zero-order chi connectivity index (χ0) is 29.2. The van der Waals surface area contributed by atoms with Gasteiger partial charge < -0.3 is 15.0 Å². The zero-order valence-electron chi connectivity index (χ0n) is 24.2. The third-order valence-corrected chi connectivity index (χ3v) is 6.76. The van der Waals surface area contributed by atoms with Crippen molar-refractivity contribution in [2.75, 3.05) is 37.6 Å². The summed E-state index contributed by atoms with van der Waals surface area (Å²) in [6, 6.07) is 3.79. The van der Waals surface area contributed by atoms with Crippen molar-refractivity contribution in [2.24, 2.45) is 0 Å². The number of aromatic nitrogens is 1. The highest BCUT2D eigenvalue weighted by molar-refractivity contribution is 5.94. The summed E-state index contributed by atoms with van der Waals surface area (Å²) in [5.74, 6) is 0.946. The summed E-state index contributed by atoms with van der Waals surface area (Å²) in [5, 5.41) is 12.5. The molecule has 0 unspecified atom stereocenters. The van der Waals surface area contributed by atoms with Gasteiger partial charge in [-0.05, 0) is 63.3 Å². The van der Waals surface area contributed by atoms with Gasteiger partial charge in [-0.25, -0.2) is 9.78 Å². The molecule has 0 radical (unpaired) electrons. The molecule has 10 heteroatoms. The second-order valence-corrected chi connectivity index (χ2v) is 10.3. The molecule has 1 fully saturated rings. The number of allylic oxidation sites excluding steroid dienone is 5. The molecule has 1 N–H and O–H groups in total. The Morgan fingerprint density at radius 3 is 2.52 bits per heavy atom. The Labute approximate surface area is 237 Å². The summed E-state index contributed by atoms with van der Waals surface area (Å²) < 4.78 is 5.87. The SMILES string of the molecule is CC/C=C/C(C#N)=C(\C=C(/C)NC(=O)N1CCCc2cc(CN3CCN(C(C)=O)CC3)c(C=O)nc21)OC(C)C. The third kappa shape index (κ3) is 8.02. The van der Waals surface area contributed by atoms with Crippen LogP contribution in [0.5, 0.6) is 0 Å². The van der Waals surface area contributed by atoms with Crippen LogP contribution in [0.2, 0.25) is 0 Å². The molecular weight excluding hydrogens is 508 g/mol. The van der Waals surface area contributed by atoms with Gasteiger partial charge in [0.15, 0.2) is 6.29 Å². The van der Waals surface area contributed by atoms with Crippen molar-refractivity contribution >= 4 is 24.0 Å². The number of aryl methyl sites for hydroxylation is 1. The van der Waals surface area contributed by atoms with Gasteiger partial charge in [0, 0.05) is 58.0 Å². The maximum atomic E-state index is 13.3. The number of nitriles is 1. The van der Waals surface area contributed by atoms with Crippen molar-refractivity contribution < 1.29 is 19.1 Å². The average molecular weight is 549 g/mol. The monoisotopic (exact) mass is 548 g/mol. The second kappa shape index (κ2) is 14.4. The minimum Gasteiger partial charge on any atom is -0.490 e. The fraction of sp³-hybridized carbons (Fsp3) is 0.500. The third-order valence-electron chi connectivity index (χ3n) is 6.76. The van der Waals surface area contributed by atoms with E-state index in [-0.39, 0.29) is 18.0 Å². The maximum absolute atomic E-state index is 13.3. The first-order valence-corrected chi connectivity index (χ1v) is 13.9. The van der Waals surface area contributed by atoms with Gasteiger partial charge in [0.25, 0.3) is 0 Å². The van der Waals surface area contributed by atoms with E-state index in [1.165, 1.54) is 0 Å². The number of pyridine rings is 1. The first kappa shape index (κ1) is 30.6. The van der Waals surface area contributed by atoms with E-state index < -0.39 is 0 Å². The second-order valence-electron chi connectivity index (χ2n) is 10.3. The van der Waals surface area contributed by atoms with Crippen LogP contribution in [-0.4, -0.2) is 71.8 Å². The van der Waals surface area contributed by atoms with Gasteiger partial charge in [0.1, 0.15) is 23.3 Å². The topological polar surface area (TPSA) is 119 Å². The first-order chi connectivity index (χ1) is 19.2. The van der Waals surface area contributed by atoms with Crippen molar-refractivity contribution in [3.63, 3.8) is 0 Å². The van der Waals surface area contributed by atoms with E-state index in [0.29, 0.717) is 54.7 Å². The molecule has 3 heterocycles. The number of carbonyl (C=O) groups is 3. The molecule has 10 nitrogen and oxygen atoms in total. The number of amides is 3. The van der Waals surface area contributed by atoms with Crippen LogP contribution < -0.4 is 10.2 Å². The highest BCUT2D eigenvalue weighted by Gasteiger charge is 2.27. The number of piperazine rings is 1. The molecule has 3 amide bonds. The number of nitrogens with zero attached hydrogens (tertiary/aromatic N) is 5. The molecule has 2 aliphatic heterocycles. The van der Waals surface area contributed by atoms with E-state index in [0.717, 1.165) is 49.8 Å². The fourth-order valence-corrected chi connectivity index (χ4v) is 4.75. The number of aldehydes is 1. The Kier molecular flexibility index (Phi) is 11.0. The van der Waals surface area contributed by atoms with Crippen LogP contribution in [0.4, 0.5) is 10.6 Å². The van der Waals surface area contributed by atoms with Gasteiger partial charge in [-0.3, -0.25) is 19.4 Å². The van der Waals surface area contributed by atoms with Crippen molar-refractivity contribution in [1.82, 2.24) is 20.1 Å². The number of ether oxygens (including phenoxy) is 1. The van der Waals surface area contributed by atoms with Crippen LogP contribution in [0, 0.1) is 11.3 Å². The van der Waals surface area contributed by atoms with Crippen molar-refractivity contribution in [3.05, 3.63) is 58.1 Å². The minimum atomic E-state index is -0.362.